The van der Waals surface area contributed by atoms with Gasteiger partial charge in [0.25, 0.3) is 0 Å². The number of halogens is 1. The summed E-state index contributed by atoms with van der Waals surface area (Å²) < 4.78 is 0. The number of hydrogen-bond donors (Lipinski definition) is 2. The van der Waals surface area contributed by atoms with Crippen LogP contribution in [0.5, 0.6) is 0 Å². The van der Waals surface area contributed by atoms with E-state index in [2.05, 4.69) is 20.3 Å². The standard InChI is InChI=1S/C10H10BClN4/c11-6-4-13-8-7(6)9(16-10(12)15-8)14-5-2-1-3-5/h4-5H,1-3H2,(H2,13,14,15,16). The average Bonchev–Trinajstić information content (AvgIpc) is 2.53. The maximum atomic E-state index is 5.87. The van der Waals surface area contributed by atoms with Gasteiger partial charge in [0.15, 0.2) is 0 Å². The van der Waals surface area contributed by atoms with Gasteiger partial charge in [0.2, 0.25) is 5.28 Å². The van der Waals surface area contributed by atoms with Crippen LogP contribution in [0, 0.1) is 0 Å². The Morgan fingerprint density at radius 1 is 1.44 bits per heavy atom. The largest absolute Gasteiger partial charge is 0.367 e. The van der Waals surface area contributed by atoms with Gasteiger partial charge < -0.3 is 10.3 Å². The van der Waals surface area contributed by atoms with E-state index in [0.29, 0.717) is 17.2 Å². The van der Waals surface area contributed by atoms with Gasteiger partial charge in [-0.1, -0.05) is 5.46 Å². The second-order valence-corrected chi connectivity index (χ2v) is 4.42. The molecule has 1 fully saturated rings. The molecule has 2 aromatic heterocycles. The van der Waals surface area contributed by atoms with E-state index in [4.69, 9.17) is 19.4 Å². The molecule has 2 aromatic rings. The summed E-state index contributed by atoms with van der Waals surface area (Å²) >= 11 is 5.85. The summed E-state index contributed by atoms with van der Waals surface area (Å²) in [5.41, 5.74) is 1.33. The van der Waals surface area contributed by atoms with Crippen LogP contribution in [0.4, 0.5) is 5.82 Å². The number of nitrogens with one attached hydrogen (secondary N) is 2. The van der Waals surface area contributed by atoms with E-state index < -0.39 is 0 Å². The molecule has 2 heterocycles. The van der Waals surface area contributed by atoms with Gasteiger partial charge in [0.1, 0.15) is 19.3 Å². The summed E-state index contributed by atoms with van der Waals surface area (Å²) in [6.45, 7) is 0. The molecule has 2 N–H and O–H groups in total. The lowest BCUT2D eigenvalue weighted by molar-refractivity contribution is 0.445. The van der Waals surface area contributed by atoms with Crippen LogP contribution in [0.1, 0.15) is 19.3 Å². The minimum atomic E-state index is 0.233. The first-order valence-electron chi connectivity index (χ1n) is 5.30. The van der Waals surface area contributed by atoms with Crippen molar-refractivity contribution in [2.75, 3.05) is 5.32 Å². The second kappa shape index (κ2) is 3.66. The predicted molar refractivity (Wildman–Crippen MR) is 65.5 cm³/mol. The van der Waals surface area contributed by atoms with E-state index in [1.807, 2.05) is 0 Å². The van der Waals surface area contributed by atoms with Gasteiger partial charge in [-0.25, -0.2) is 4.98 Å². The molecule has 1 aliphatic rings. The average molecular weight is 232 g/mol. The zero-order chi connectivity index (χ0) is 11.1. The Kier molecular flexibility index (Phi) is 2.28. The summed E-state index contributed by atoms with van der Waals surface area (Å²) in [7, 11) is 5.87. The van der Waals surface area contributed by atoms with Crippen LogP contribution < -0.4 is 10.8 Å². The SMILES string of the molecule is [B]c1c[nH]c2nc(Cl)nc(NC3CCC3)c12. The van der Waals surface area contributed by atoms with E-state index in [9.17, 15) is 0 Å². The fraction of sp³-hybridized carbons (Fsp3) is 0.400. The van der Waals surface area contributed by atoms with Crippen molar-refractivity contribution in [2.24, 2.45) is 0 Å². The minimum Gasteiger partial charge on any atom is -0.367 e. The zero-order valence-electron chi connectivity index (χ0n) is 8.63. The minimum absolute atomic E-state index is 0.233. The van der Waals surface area contributed by atoms with E-state index in [1.165, 1.54) is 19.3 Å². The first-order chi connectivity index (χ1) is 7.74. The second-order valence-electron chi connectivity index (χ2n) is 4.08. The van der Waals surface area contributed by atoms with Crippen LogP contribution in [-0.2, 0) is 0 Å². The summed E-state index contributed by atoms with van der Waals surface area (Å²) in [6, 6.07) is 0.489. The Morgan fingerprint density at radius 2 is 2.25 bits per heavy atom. The van der Waals surface area contributed by atoms with Crippen LogP contribution in [0.2, 0.25) is 5.28 Å². The van der Waals surface area contributed by atoms with Crippen molar-refractivity contribution in [3.63, 3.8) is 0 Å². The highest BCUT2D eigenvalue weighted by molar-refractivity contribution is 6.40. The van der Waals surface area contributed by atoms with Gasteiger partial charge in [0, 0.05) is 6.04 Å². The van der Waals surface area contributed by atoms with Crippen LogP contribution >= 0.6 is 11.6 Å². The van der Waals surface area contributed by atoms with Crippen LogP contribution in [0.25, 0.3) is 11.0 Å². The van der Waals surface area contributed by atoms with Crippen molar-refractivity contribution >= 4 is 41.8 Å². The number of aromatic nitrogens is 3. The number of rotatable bonds is 2. The molecule has 0 spiro atoms. The summed E-state index contributed by atoms with van der Waals surface area (Å²) in [5.74, 6) is 0.735. The number of anilines is 1. The normalized spacial score (nSPS) is 16.3. The molecule has 0 aliphatic heterocycles. The van der Waals surface area contributed by atoms with E-state index in [1.54, 1.807) is 6.20 Å². The molecule has 1 aliphatic carbocycles. The highest BCUT2D eigenvalue weighted by Crippen LogP contribution is 2.26. The summed E-state index contributed by atoms with van der Waals surface area (Å²) in [4.78, 5) is 11.3. The topological polar surface area (TPSA) is 53.6 Å². The third-order valence-electron chi connectivity index (χ3n) is 2.98. The van der Waals surface area contributed by atoms with Crippen LogP contribution in [0.15, 0.2) is 6.20 Å². The highest BCUT2D eigenvalue weighted by atomic mass is 35.5. The molecular weight excluding hydrogens is 222 g/mol. The third kappa shape index (κ3) is 1.55. The van der Waals surface area contributed by atoms with Crippen molar-refractivity contribution in [1.29, 1.82) is 0 Å². The van der Waals surface area contributed by atoms with Crippen molar-refractivity contribution in [1.82, 2.24) is 15.0 Å². The van der Waals surface area contributed by atoms with Crippen molar-refractivity contribution in [2.45, 2.75) is 25.3 Å². The zero-order valence-corrected chi connectivity index (χ0v) is 9.38. The molecule has 6 heteroatoms. The Labute approximate surface area is 99.2 Å². The predicted octanol–water partition coefficient (Wildman–Crippen LogP) is 1.37. The fourth-order valence-corrected chi connectivity index (χ4v) is 2.05. The van der Waals surface area contributed by atoms with Gasteiger partial charge >= 0.3 is 0 Å². The van der Waals surface area contributed by atoms with Crippen molar-refractivity contribution < 1.29 is 0 Å². The van der Waals surface area contributed by atoms with Gasteiger partial charge in [-0.3, -0.25) is 0 Å². The first kappa shape index (κ1) is 9.96. The summed E-state index contributed by atoms with van der Waals surface area (Å²) in [5, 5.41) is 4.42. The van der Waals surface area contributed by atoms with Crippen LogP contribution in [-0.4, -0.2) is 28.8 Å². The maximum Gasteiger partial charge on any atom is 0.226 e. The molecule has 0 aromatic carbocycles. The highest BCUT2D eigenvalue weighted by Gasteiger charge is 2.19. The Balaban J connectivity index is 2.08. The number of fused-ring (bicyclic) bond motifs is 1. The maximum absolute atomic E-state index is 5.87. The molecular formula is C10H10BClN4. The van der Waals surface area contributed by atoms with Crippen molar-refractivity contribution in [3.05, 3.63) is 11.5 Å². The van der Waals surface area contributed by atoms with Gasteiger partial charge in [-0.05, 0) is 37.1 Å². The van der Waals surface area contributed by atoms with Gasteiger partial charge in [-0.2, -0.15) is 4.98 Å². The molecule has 0 saturated heterocycles. The molecule has 0 bridgehead atoms. The molecule has 1 saturated carbocycles. The van der Waals surface area contributed by atoms with Gasteiger partial charge in [-0.15, -0.1) is 0 Å². The number of nitrogens with zero attached hydrogens (tertiary/aromatic N) is 2. The quantitative estimate of drug-likeness (QED) is 0.607. The molecule has 0 amide bonds. The Morgan fingerprint density at radius 3 is 2.94 bits per heavy atom. The molecule has 0 unspecified atom stereocenters. The number of hydrogen-bond acceptors (Lipinski definition) is 3. The lowest BCUT2D eigenvalue weighted by atomic mass is 9.92. The Hall–Kier alpha value is -1.23. The molecule has 3 rings (SSSR count). The smallest absolute Gasteiger partial charge is 0.226 e. The van der Waals surface area contributed by atoms with E-state index in [-0.39, 0.29) is 5.28 Å². The monoisotopic (exact) mass is 232 g/mol. The summed E-state index contributed by atoms with van der Waals surface area (Å²) in [6.07, 6.45) is 5.32. The Bertz CT molecular complexity index is 535. The number of H-pyrrole nitrogens is 1. The molecule has 80 valence electrons. The first-order valence-corrected chi connectivity index (χ1v) is 5.68. The van der Waals surface area contributed by atoms with Crippen molar-refractivity contribution in [3.8, 4) is 0 Å². The van der Waals surface area contributed by atoms with E-state index >= 15 is 0 Å². The van der Waals surface area contributed by atoms with Gasteiger partial charge in [0.05, 0.1) is 5.39 Å². The van der Waals surface area contributed by atoms with Crippen LogP contribution in [0.3, 0.4) is 0 Å². The molecule has 2 radical (unpaired) electrons. The molecule has 4 nitrogen and oxygen atoms in total. The molecule has 16 heavy (non-hydrogen) atoms. The lowest BCUT2D eigenvalue weighted by Gasteiger charge is -2.27. The fourth-order valence-electron chi connectivity index (χ4n) is 1.88. The number of aromatic amines is 1. The third-order valence-corrected chi connectivity index (χ3v) is 3.15. The molecule has 0 atom stereocenters. The lowest BCUT2D eigenvalue weighted by Crippen LogP contribution is -2.28. The van der Waals surface area contributed by atoms with E-state index in [0.717, 1.165) is 11.2 Å².